The van der Waals surface area contributed by atoms with E-state index >= 15 is 0 Å². The molecule has 1 atom stereocenters. The Morgan fingerprint density at radius 3 is 2.65 bits per heavy atom. The molecule has 2 aliphatic heterocycles. The number of benzene rings is 2. The first-order valence-electron chi connectivity index (χ1n) is 10.9. The van der Waals surface area contributed by atoms with Crippen LogP contribution < -0.4 is 9.47 Å². The molecule has 1 amide bonds. The number of carbonyl (C=O) groups excluding carboxylic acids is 1. The zero-order chi connectivity index (χ0) is 22.1. The van der Waals surface area contributed by atoms with Gasteiger partial charge in [-0.1, -0.05) is 38.1 Å². The third-order valence-corrected chi connectivity index (χ3v) is 5.52. The first-order valence-corrected chi connectivity index (χ1v) is 10.9. The second-order valence-electron chi connectivity index (χ2n) is 8.90. The predicted molar refractivity (Wildman–Crippen MR) is 124 cm³/mol. The zero-order valence-corrected chi connectivity index (χ0v) is 18.9. The van der Waals surface area contributed by atoms with Crippen LogP contribution in [0.4, 0.5) is 5.69 Å². The van der Waals surface area contributed by atoms with Crippen LogP contribution in [0.5, 0.6) is 11.5 Å². The molecule has 0 aromatic heterocycles. The van der Waals surface area contributed by atoms with Crippen LogP contribution in [0.25, 0.3) is 5.57 Å². The molecule has 2 aliphatic rings. The Morgan fingerprint density at radius 1 is 1.13 bits per heavy atom. The van der Waals surface area contributed by atoms with Gasteiger partial charge in [-0.3, -0.25) is 9.79 Å². The SMILES string of the molecule is COc1cc2c(cc1OC(C)C)N=CC1CC(c3cccc(CC(C)C)c3)=CN1C2=O. The molecular weight excluding hydrogens is 388 g/mol. The van der Waals surface area contributed by atoms with Crippen molar-refractivity contribution in [2.45, 2.75) is 52.7 Å². The van der Waals surface area contributed by atoms with Crippen LogP contribution >= 0.6 is 0 Å². The molecule has 4 rings (SSSR count). The lowest BCUT2D eigenvalue weighted by Gasteiger charge is -2.19. The molecule has 0 radical (unpaired) electrons. The summed E-state index contributed by atoms with van der Waals surface area (Å²) < 4.78 is 11.3. The van der Waals surface area contributed by atoms with Gasteiger partial charge >= 0.3 is 0 Å². The zero-order valence-electron chi connectivity index (χ0n) is 18.9. The highest BCUT2D eigenvalue weighted by molar-refractivity contribution is 6.05. The van der Waals surface area contributed by atoms with Crippen molar-refractivity contribution in [3.05, 3.63) is 59.3 Å². The summed E-state index contributed by atoms with van der Waals surface area (Å²) in [6.45, 7) is 8.36. The third kappa shape index (κ3) is 4.36. The normalized spacial score (nSPS) is 17.5. The lowest BCUT2D eigenvalue weighted by Crippen LogP contribution is -2.32. The molecule has 2 aromatic carbocycles. The van der Waals surface area contributed by atoms with Gasteiger partial charge in [0.2, 0.25) is 0 Å². The highest BCUT2D eigenvalue weighted by Crippen LogP contribution is 2.40. The number of fused-ring (bicyclic) bond motifs is 2. The Hall–Kier alpha value is -3.08. The maximum Gasteiger partial charge on any atom is 0.260 e. The second-order valence-corrected chi connectivity index (χ2v) is 8.90. The molecule has 0 saturated heterocycles. The standard InChI is InChI=1S/C26H30N2O3/c1-16(2)9-18-7-6-8-19(10-18)20-11-21-14-27-23-13-25(31-17(3)4)24(30-5)12-22(23)26(29)28(21)15-20/h6-8,10,12-17,21H,9,11H2,1-5H3. The number of aliphatic imine (C=N–C) groups is 1. The molecule has 5 nitrogen and oxygen atoms in total. The average Bonchev–Trinajstić information content (AvgIpc) is 3.10. The number of hydrogen-bond acceptors (Lipinski definition) is 4. The summed E-state index contributed by atoms with van der Waals surface area (Å²) in [6, 6.07) is 12.1. The molecule has 0 saturated carbocycles. The van der Waals surface area contributed by atoms with Crippen molar-refractivity contribution in [3.8, 4) is 11.5 Å². The van der Waals surface area contributed by atoms with E-state index in [0.717, 1.165) is 18.4 Å². The van der Waals surface area contributed by atoms with E-state index in [9.17, 15) is 4.79 Å². The van der Waals surface area contributed by atoms with Gasteiger partial charge in [-0.2, -0.15) is 0 Å². The van der Waals surface area contributed by atoms with Gasteiger partial charge < -0.3 is 14.4 Å². The van der Waals surface area contributed by atoms with Gasteiger partial charge in [0, 0.05) is 24.9 Å². The van der Waals surface area contributed by atoms with Crippen LogP contribution in [0.3, 0.4) is 0 Å². The van der Waals surface area contributed by atoms with Crippen molar-refractivity contribution >= 4 is 23.4 Å². The molecule has 31 heavy (non-hydrogen) atoms. The molecule has 0 fully saturated rings. The Balaban J connectivity index is 1.66. The first-order chi connectivity index (χ1) is 14.9. The molecule has 1 unspecified atom stereocenters. The molecule has 0 N–H and O–H groups in total. The van der Waals surface area contributed by atoms with E-state index in [-0.39, 0.29) is 18.1 Å². The molecule has 5 heteroatoms. The largest absolute Gasteiger partial charge is 0.493 e. The number of ether oxygens (including phenoxy) is 2. The van der Waals surface area contributed by atoms with Crippen molar-refractivity contribution in [3.63, 3.8) is 0 Å². The van der Waals surface area contributed by atoms with Gasteiger partial charge in [-0.05, 0) is 49.0 Å². The number of hydrogen-bond donors (Lipinski definition) is 0. The predicted octanol–water partition coefficient (Wildman–Crippen LogP) is 5.65. The number of methoxy groups -OCH3 is 1. The maximum absolute atomic E-state index is 13.4. The van der Waals surface area contributed by atoms with Gasteiger partial charge in [0.15, 0.2) is 11.5 Å². The van der Waals surface area contributed by atoms with E-state index in [0.29, 0.717) is 28.7 Å². The summed E-state index contributed by atoms with van der Waals surface area (Å²) in [7, 11) is 1.58. The highest BCUT2D eigenvalue weighted by Gasteiger charge is 2.33. The van der Waals surface area contributed by atoms with E-state index in [1.54, 1.807) is 24.1 Å². The third-order valence-electron chi connectivity index (χ3n) is 5.52. The maximum atomic E-state index is 13.4. The summed E-state index contributed by atoms with van der Waals surface area (Å²) in [6.07, 6.45) is 5.64. The van der Waals surface area contributed by atoms with Crippen molar-refractivity contribution < 1.29 is 14.3 Å². The minimum atomic E-state index is -0.0934. The topological polar surface area (TPSA) is 51.1 Å². The number of amides is 1. The Kier molecular flexibility index (Phi) is 5.86. The van der Waals surface area contributed by atoms with Crippen LogP contribution in [0.1, 0.15) is 55.6 Å². The molecule has 0 bridgehead atoms. The van der Waals surface area contributed by atoms with Gasteiger partial charge in [0.25, 0.3) is 5.91 Å². The Morgan fingerprint density at radius 2 is 1.94 bits per heavy atom. The molecule has 2 heterocycles. The van der Waals surface area contributed by atoms with Crippen LogP contribution in [0.2, 0.25) is 0 Å². The number of carbonyl (C=O) groups is 1. The highest BCUT2D eigenvalue weighted by atomic mass is 16.5. The van der Waals surface area contributed by atoms with E-state index in [2.05, 4.69) is 43.1 Å². The molecule has 2 aromatic rings. The van der Waals surface area contributed by atoms with Gasteiger partial charge in [0.1, 0.15) is 0 Å². The summed E-state index contributed by atoms with van der Waals surface area (Å²) >= 11 is 0. The number of rotatable bonds is 6. The average molecular weight is 419 g/mol. The molecular formula is C26H30N2O3. The fraction of sp³-hybridized carbons (Fsp3) is 0.385. The molecule has 0 aliphatic carbocycles. The summed E-state index contributed by atoms with van der Waals surface area (Å²) in [5, 5.41) is 0. The van der Waals surface area contributed by atoms with Crippen molar-refractivity contribution in [2.75, 3.05) is 7.11 Å². The van der Waals surface area contributed by atoms with Gasteiger partial charge in [0.05, 0.1) is 30.5 Å². The van der Waals surface area contributed by atoms with Crippen molar-refractivity contribution in [1.29, 1.82) is 0 Å². The smallest absolute Gasteiger partial charge is 0.260 e. The van der Waals surface area contributed by atoms with Gasteiger partial charge in [-0.15, -0.1) is 0 Å². The van der Waals surface area contributed by atoms with E-state index in [1.165, 1.54) is 11.1 Å². The van der Waals surface area contributed by atoms with Crippen LogP contribution in [-0.2, 0) is 6.42 Å². The number of nitrogens with zero attached hydrogens (tertiary/aromatic N) is 2. The summed E-state index contributed by atoms with van der Waals surface area (Å²) in [4.78, 5) is 19.9. The lowest BCUT2D eigenvalue weighted by molar-refractivity contribution is 0.0817. The fourth-order valence-corrected chi connectivity index (χ4v) is 4.17. The Bertz CT molecular complexity index is 1050. The van der Waals surface area contributed by atoms with Crippen LogP contribution in [0.15, 0.2) is 47.6 Å². The van der Waals surface area contributed by atoms with Gasteiger partial charge in [-0.25, -0.2) is 0 Å². The second kappa shape index (κ2) is 8.58. The minimum absolute atomic E-state index is 0.00232. The van der Waals surface area contributed by atoms with E-state index in [1.807, 2.05) is 26.3 Å². The Labute approximate surface area is 184 Å². The molecule has 162 valence electrons. The molecule has 0 spiro atoms. The fourth-order valence-electron chi connectivity index (χ4n) is 4.17. The minimum Gasteiger partial charge on any atom is -0.493 e. The van der Waals surface area contributed by atoms with Crippen LogP contribution in [-0.4, -0.2) is 36.3 Å². The monoisotopic (exact) mass is 418 g/mol. The van der Waals surface area contributed by atoms with Crippen molar-refractivity contribution in [1.82, 2.24) is 4.90 Å². The van der Waals surface area contributed by atoms with E-state index in [4.69, 9.17) is 9.47 Å². The van der Waals surface area contributed by atoms with Crippen LogP contribution in [0, 0.1) is 5.92 Å². The first kappa shape index (κ1) is 21.2. The summed E-state index contributed by atoms with van der Waals surface area (Å²) in [5.41, 5.74) is 4.79. The lowest BCUT2D eigenvalue weighted by atomic mass is 9.97. The van der Waals surface area contributed by atoms with Crippen molar-refractivity contribution in [2.24, 2.45) is 10.9 Å². The quantitative estimate of drug-likeness (QED) is 0.609. The van der Waals surface area contributed by atoms with E-state index < -0.39 is 0 Å². The summed E-state index contributed by atoms with van der Waals surface area (Å²) in [5.74, 6) is 1.67.